The molecule has 2 aliphatic rings. The zero-order valence-electron chi connectivity index (χ0n) is 12.6. The van der Waals surface area contributed by atoms with E-state index in [1.54, 1.807) is 4.31 Å². The minimum absolute atomic E-state index is 0.0202. The fourth-order valence-corrected chi connectivity index (χ4v) is 5.24. The maximum atomic E-state index is 12.5. The van der Waals surface area contributed by atoms with Gasteiger partial charge in [-0.05, 0) is 44.4 Å². The number of hydrogen-bond acceptors (Lipinski definition) is 3. The minimum atomic E-state index is -3.37. The highest BCUT2D eigenvalue weighted by atomic mass is 32.2. The number of nitrogens with zero attached hydrogens (tertiary/aromatic N) is 1. The Kier molecular flexibility index (Phi) is 5.84. The third kappa shape index (κ3) is 3.93. The lowest BCUT2D eigenvalue weighted by Crippen LogP contribution is -2.54. The molecule has 2 fully saturated rings. The Labute approximate surface area is 123 Å². The number of hydrogen-bond donors (Lipinski definition) is 2. The summed E-state index contributed by atoms with van der Waals surface area (Å²) < 4.78 is 29.6. The molecule has 0 aromatic heterocycles. The Morgan fingerprint density at radius 2 is 1.85 bits per heavy atom. The summed E-state index contributed by atoms with van der Waals surface area (Å²) in [6.07, 6.45) is 8.35. The molecule has 118 valence electrons. The van der Waals surface area contributed by atoms with E-state index >= 15 is 0 Å². The topological polar surface area (TPSA) is 75.4 Å². The largest absolute Gasteiger partial charge is 0.329 e. The molecule has 0 aromatic carbocycles. The van der Waals surface area contributed by atoms with Gasteiger partial charge in [-0.3, -0.25) is 0 Å². The summed E-state index contributed by atoms with van der Waals surface area (Å²) in [4.78, 5) is 0. The summed E-state index contributed by atoms with van der Waals surface area (Å²) in [6, 6.07) is 0.0939. The molecule has 0 radical (unpaired) electrons. The van der Waals surface area contributed by atoms with Gasteiger partial charge in [-0.2, -0.15) is 17.4 Å². The molecule has 0 bridgehead atoms. The van der Waals surface area contributed by atoms with E-state index in [0.29, 0.717) is 13.1 Å². The molecular formula is C14H29N3O2S. The van der Waals surface area contributed by atoms with Crippen molar-refractivity contribution < 1.29 is 8.42 Å². The average molecular weight is 303 g/mol. The summed E-state index contributed by atoms with van der Waals surface area (Å²) in [5.41, 5.74) is 5.73. The van der Waals surface area contributed by atoms with Crippen molar-refractivity contribution in [1.82, 2.24) is 9.03 Å². The summed E-state index contributed by atoms with van der Waals surface area (Å²) in [5, 5.41) is 0. The Hall–Kier alpha value is -0.170. The van der Waals surface area contributed by atoms with Gasteiger partial charge in [0.2, 0.25) is 0 Å². The van der Waals surface area contributed by atoms with Gasteiger partial charge in [0.25, 0.3) is 10.2 Å². The lowest BCUT2D eigenvalue weighted by atomic mass is 9.85. The fraction of sp³-hybridized carbons (Fsp3) is 1.00. The molecule has 1 unspecified atom stereocenters. The van der Waals surface area contributed by atoms with Gasteiger partial charge in [-0.25, -0.2) is 0 Å². The third-order valence-corrected chi connectivity index (χ3v) is 6.62. The second-order valence-electron chi connectivity index (χ2n) is 6.24. The van der Waals surface area contributed by atoms with Crippen LogP contribution in [0.1, 0.15) is 58.3 Å². The zero-order chi connectivity index (χ0) is 14.6. The molecule has 3 N–H and O–H groups in total. The summed E-state index contributed by atoms with van der Waals surface area (Å²) in [5.74, 6) is 0.780. The highest BCUT2D eigenvalue weighted by Gasteiger charge is 2.33. The average Bonchev–Trinajstić information content (AvgIpc) is 2.47. The predicted octanol–water partition coefficient (Wildman–Crippen LogP) is 1.60. The van der Waals surface area contributed by atoms with Crippen LogP contribution in [0.5, 0.6) is 0 Å². The number of piperidine rings is 1. The molecule has 1 atom stereocenters. The molecule has 0 amide bonds. The second-order valence-corrected chi connectivity index (χ2v) is 7.90. The Bertz CT molecular complexity index is 391. The predicted molar refractivity (Wildman–Crippen MR) is 81.5 cm³/mol. The minimum Gasteiger partial charge on any atom is -0.329 e. The standard InChI is InChI=1S/C14H29N3O2S/c1-2-12-6-8-13(9-7-12)16-20(18,19)17-10-4-3-5-14(17)11-15/h12-14,16H,2-11,15H2,1H3. The number of rotatable bonds is 5. The van der Waals surface area contributed by atoms with Crippen LogP contribution in [0.25, 0.3) is 0 Å². The summed E-state index contributed by atoms with van der Waals surface area (Å²) in [6.45, 7) is 3.25. The van der Waals surface area contributed by atoms with Gasteiger partial charge in [0.1, 0.15) is 0 Å². The van der Waals surface area contributed by atoms with E-state index in [2.05, 4.69) is 11.6 Å². The van der Waals surface area contributed by atoms with Crippen molar-refractivity contribution in [2.75, 3.05) is 13.1 Å². The zero-order valence-corrected chi connectivity index (χ0v) is 13.4. The summed E-state index contributed by atoms with van der Waals surface area (Å²) in [7, 11) is -3.37. The Morgan fingerprint density at radius 1 is 1.15 bits per heavy atom. The van der Waals surface area contributed by atoms with E-state index in [-0.39, 0.29) is 12.1 Å². The lowest BCUT2D eigenvalue weighted by Gasteiger charge is -2.36. The third-order valence-electron chi connectivity index (χ3n) is 4.89. The van der Waals surface area contributed by atoms with Crippen molar-refractivity contribution in [3.05, 3.63) is 0 Å². The van der Waals surface area contributed by atoms with Gasteiger partial charge in [0.05, 0.1) is 0 Å². The normalized spacial score (nSPS) is 33.2. The molecule has 2 rings (SSSR count). The molecule has 0 aromatic rings. The molecule has 20 heavy (non-hydrogen) atoms. The lowest BCUT2D eigenvalue weighted by molar-refractivity contribution is 0.246. The number of nitrogens with one attached hydrogen (secondary N) is 1. The van der Waals surface area contributed by atoms with E-state index < -0.39 is 10.2 Å². The highest BCUT2D eigenvalue weighted by molar-refractivity contribution is 7.87. The molecule has 1 aliphatic heterocycles. The number of nitrogens with two attached hydrogens (primary N) is 1. The molecule has 1 aliphatic carbocycles. The van der Waals surface area contributed by atoms with Crippen LogP contribution in [0.3, 0.4) is 0 Å². The van der Waals surface area contributed by atoms with E-state index in [4.69, 9.17) is 5.73 Å². The summed E-state index contributed by atoms with van der Waals surface area (Å²) >= 11 is 0. The maximum Gasteiger partial charge on any atom is 0.279 e. The van der Waals surface area contributed by atoms with E-state index in [1.165, 1.54) is 6.42 Å². The Morgan fingerprint density at radius 3 is 2.45 bits per heavy atom. The van der Waals surface area contributed by atoms with E-state index in [9.17, 15) is 8.42 Å². The van der Waals surface area contributed by atoms with Crippen LogP contribution >= 0.6 is 0 Å². The Balaban J connectivity index is 1.93. The van der Waals surface area contributed by atoms with Gasteiger partial charge in [0.15, 0.2) is 0 Å². The van der Waals surface area contributed by atoms with Crippen molar-refractivity contribution in [1.29, 1.82) is 0 Å². The van der Waals surface area contributed by atoms with Gasteiger partial charge >= 0.3 is 0 Å². The van der Waals surface area contributed by atoms with Crippen LogP contribution in [-0.4, -0.2) is 37.9 Å². The molecule has 5 nitrogen and oxygen atoms in total. The highest BCUT2D eigenvalue weighted by Crippen LogP contribution is 2.27. The molecule has 6 heteroatoms. The van der Waals surface area contributed by atoms with Crippen LogP contribution < -0.4 is 10.5 Å². The molecule has 1 saturated carbocycles. The van der Waals surface area contributed by atoms with Crippen molar-refractivity contribution in [2.24, 2.45) is 11.7 Å². The van der Waals surface area contributed by atoms with E-state index in [0.717, 1.165) is 50.9 Å². The second kappa shape index (κ2) is 7.20. The SMILES string of the molecule is CCC1CCC(NS(=O)(=O)N2CCCCC2CN)CC1. The first-order chi connectivity index (χ1) is 9.56. The van der Waals surface area contributed by atoms with Crippen LogP contribution in [0.2, 0.25) is 0 Å². The van der Waals surface area contributed by atoms with Gasteiger partial charge in [-0.15, -0.1) is 0 Å². The first-order valence-electron chi connectivity index (χ1n) is 8.06. The fourth-order valence-electron chi connectivity index (χ4n) is 3.49. The van der Waals surface area contributed by atoms with Crippen molar-refractivity contribution in [3.8, 4) is 0 Å². The molecule has 1 heterocycles. The molecule has 0 spiro atoms. The van der Waals surface area contributed by atoms with Crippen molar-refractivity contribution in [2.45, 2.75) is 70.4 Å². The molecule has 1 saturated heterocycles. The van der Waals surface area contributed by atoms with E-state index in [1.807, 2.05) is 0 Å². The maximum absolute atomic E-state index is 12.5. The van der Waals surface area contributed by atoms with Crippen LogP contribution in [-0.2, 0) is 10.2 Å². The first-order valence-corrected chi connectivity index (χ1v) is 9.50. The molecular weight excluding hydrogens is 274 g/mol. The van der Waals surface area contributed by atoms with Crippen LogP contribution in [0.15, 0.2) is 0 Å². The first kappa shape index (κ1) is 16.2. The smallest absolute Gasteiger partial charge is 0.279 e. The van der Waals surface area contributed by atoms with Gasteiger partial charge in [-0.1, -0.05) is 19.8 Å². The quantitative estimate of drug-likeness (QED) is 0.810. The van der Waals surface area contributed by atoms with Crippen molar-refractivity contribution in [3.63, 3.8) is 0 Å². The van der Waals surface area contributed by atoms with Crippen molar-refractivity contribution >= 4 is 10.2 Å². The van der Waals surface area contributed by atoms with Gasteiger partial charge in [0, 0.05) is 25.2 Å². The monoisotopic (exact) mass is 303 g/mol. The van der Waals surface area contributed by atoms with Crippen LogP contribution in [0.4, 0.5) is 0 Å². The van der Waals surface area contributed by atoms with Gasteiger partial charge < -0.3 is 5.73 Å². The van der Waals surface area contributed by atoms with Crippen LogP contribution in [0, 0.1) is 5.92 Å².